The number of aryl methyl sites for hydroxylation is 1. The van der Waals surface area contributed by atoms with Crippen LogP contribution in [0.5, 0.6) is 11.5 Å². The van der Waals surface area contributed by atoms with Gasteiger partial charge in [0.05, 0.1) is 24.5 Å². The van der Waals surface area contributed by atoms with Crippen molar-refractivity contribution in [2.75, 3.05) is 13.2 Å². The molecule has 6 nitrogen and oxygen atoms in total. The van der Waals surface area contributed by atoms with Gasteiger partial charge in [-0.05, 0) is 24.1 Å². The Labute approximate surface area is 141 Å². The van der Waals surface area contributed by atoms with Crippen molar-refractivity contribution in [1.29, 1.82) is 0 Å². The molecule has 0 unspecified atom stereocenters. The van der Waals surface area contributed by atoms with Crippen molar-refractivity contribution in [2.24, 2.45) is 0 Å². The molecular formula is C18H21N3O3. The van der Waals surface area contributed by atoms with Gasteiger partial charge in [0.15, 0.2) is 11.5 Å². The summed E-state index contributed by atoms with van der Waals surface area (Å²) in [6.07, 6.45) is 5.61. The number of aromatic nitrogens is 2. The van der Waals surface area contributed by atoms with E-state index in [4.69, 9.17) is 9.47 Å². The smallest absolute Gasteiger partial charge is 0.254 e. The van der Waals surface area contributed by atoms with Crippen LogP contribution in [0.1, 0.15) is 41.4 Å². The molecule has 2 heterocycles. The molecule has 1 aromatic heterocycles. The van der Waals surface area contributed by atoms with Crippen LogP contribution in [0.2, 0.25) is 0 Å². The molecule has 0 spiro atoms. The monoisotopic (exact) mass is 327 g/mol. The Morgan fingerprint density at radius 2 is 2.08 bits per heavy atom. The highest BCUT2D eigenvalue weighted by atomic mass is 16.5. The number of rotatable bonds is 5. The normalized spacial score (nSPS) is 13.2. The van der Waals surface area contributed by atoms with E-state index in [2.05, 4.69) is 22.2 Å². The van der Waals surface area contributed by atoms with E-state index in [-0.39, 0.29) is 5.91 Å². The van der Waals surface area contributed by atoms with Crippen LogP contribution in [0, 0.1) is 0 Å². The van der Waals surface area contributed by atoms with Crippen molar-refractivity contribution in [2.45, 2.75) is 32.7 Å². The van der Waals surface area contributed by atoms with Crippen LogP contribution in [0.25, 0.3) is 0 Å². The lowest BCUT2D eigenvalue weighted by molar-refractivity contribution is 0.0949. The van der Waals surface area contributed by atoms with Gasteiger partial charge in [0.2, 0.25) is 0 Å². The summed E-state index contributed by atoms with van der Waals surface area (Å²) in [4.78, 5) is 20.6. The van der Waals surface area contributed by atoms with E-state index in [1.807, 2.05) is 18.2 Å². The standard InChI is InChI=1S/C18H21N3O3/c1-2-4-15-14(11-19-12-21-15)18(22)20-10-13-5-6-16-17(9-13)24-8-3-7-23-16/h5-6,9,11-12H,2-4,7-8,10H2,1H3,(H,20,22). The number of carbonyl (C=O) groups excluding carboxylic acids is 1. The fourth-order valence-electron chi connectivity index (χ4n) is 2.58. The zero-order valence-electron chi connectivity index (χ0n) is 13.7. The van der Waals surface area contributed by atoms with Crippen LogP contribution in [0.15, 0.2) is 30.7 Å². The van der Waals surface area contributed by atoms with Gasteiger partial charge in [-0.1, -0.05) is 19.4 Å². The summed E-state index contributed by atoms with van der Waals surface area (Å²) in [5, 5.41) is 2.92. The number of amides is 1. The minimum atomic E-state index is -0.161. The van der Waals surface area contributed by atoms with Crippen LogP contribution in [0.3, 0.4) is 0 Å². The molecule has 126 valence electrons. The number of nitrogens with one attached hydrogen (secondary N) is 1. The first-order valence-electron chi connectivity index (χ1n) is 8.23. The molecule has 1 amide bonds. The van der Waals surface area contributed by atoms with Gasteiger partial charge in [-0.15, -0.1) is 0 Å². The van der Waals surface area contributed by atoms with E-state index in [9.17, 15) is 4.79 Å². The van der Waals surface area contributed by atoms with Crippen LogP contribution in [-0.2, 0) is 13.0 Å². The highest BCUT2D eigenvalue weighted by Crippen LogP contribution is 2.30. The third-order valence-corrected chi connectivity index (χ3v) is 3.79. The van der Waals surface area contributed by atoms with E-state index in [0.29, 0.717) is 25.3 Å². The fourth-order valence-corrected chi connectivity index (χ4v) is 2.58. The summed E-state index contributed by atoms with van der Waals surface area (Å²) >= 11 is 0. The van der Waals surface area contributed by atoms with Crippen molar-refractivity contribution in [1.82, 2.24) is 15.3 Å². The number of hydrogen-bond acceptors (Lipinski definition) is 5. The lowest BCUT2D eigenvalue weighted by Gasteiger charge is -2.11. The Balaban J connectivity index is 1.67. The van der Waals surface area contributed by atoms with Gasteiger partial charge in [-0.2, -0.15) is 0 Å². The van der Waals surface area contributed by atoms with E-state index >= 15 is 0 Å². The summed E-state index contributed by atoms with van der Waals surface area (Å²) in [6, 6.07) is 5.73. The second kappa shape index (κ2) is 7.77. The van der Waals surface area contributed by atoms with Crippen molar-refractivity contribution in [3.63, 3.8) is 0 Å². The van der Waals surface area contributed by atoms with Gasteiger partial charge in [-0.3, -0.25) is 4.79 Å². The molecule has 0 saturated carbocycles. The van der Waals surface area contributed by atoms with Gasteiger partial charge < -0.3 is 14.8 Å². The fraction of sp³-hybridized carbons (Fsp3) is 0.389. The lowest BCUT2D eigenvalue weighted by Crippen LogP contribution is -2.24. The van der Waals surface area contributed by atoms with Crippen LogP contribution in [0.4, 0.5) is 0 Å². The molecule has 3 rings (SSSR count). The molecule has 1 aromatic carbocycles. The number of nitrogens with zero attached hydrogens (tertiary/aromatic N) is 2. The van der Waals surface area contributed by atoms with Crippen molar-refractivity contribution >= 4 is 5.91 Å². The lowest BCUT2D eigenvalue weighted by atomic mass is 10.1. The molecule has 6 heteroatoms. The quantitative estimate of drug-likeness (QED) is 0.913. The predicted molar refractivity (Wildman–Crippen MR) is 89.2 cm³/mol. The molecule has 1 N–H and O–H groups in total. The van der Waals surface area contributed by atoms with Crippen molar-refractivity contribution in [3.05, 3.63) is 47.5 Å². The van der Waals surface area contributed by atoms with Crippen molar-refractivity contribution in [3.8, 4) is 11.5 Å². The molecule has 1 aliphatic heterocycles. The average molecular weight is 327 g/mol. The summed E-state index contributed by atoms with van der Waals surface area (Å²) in [5.74, 6) is 1.32. The minimum absolute atomic E-state index is 0.161. The summed E-state index contributed by atoms with van der Waals surface area (Å²) in [7, 11) is 0. The topological polar surface area (TPSA) is 73.3 Å². The van der Waals surface area contributed by atoms with E-state index in [1.54, 1.807) is 6.20 Å². The molecule has 0 bridgehead atoms. The van der Waals surface area contributed by atoms with E-state index in [0.717, 1.165) is 42.0 Å². The molecule has 0 aliphatic carbocycles. The SMILES string of the molecule is CCCc1ncncc1C(=O)NCc1ccc2c(c1)OCCCO2. The summed E-state index contributed by atoms with van der Waals surface area (Å²) in [6.45, 7) is 3.78. The highest BCUT2D eigenvalue weighted by molar-refractivity contribution is 5.94. The Kier molecular flexibility index (Phi) is 5.25. The molecule has 2 aromatic rings. The third-order valence-electron chi connectivity index (χ3n) is 3.79. The number of fused-ring (bicyclic) bond motifs is 1. The maximum Gasteiger partial charge on any atom is 0.254 e. The molecular weight excluding hydrogens is 306 g/mol. The first-order valence-corrected chi connectivity index (χ1v) is 8.23. The molecule has 1 aliphatic rings. The molecule has 0 saturated heterocycles. The summed E-state index contributed by atoms with van der Waals surface area (Å²) < 4.78 is 11.3. The Morgan fingerprint density at radius 3 is 2.92 bits per heavy atom. The maximum absolute atomic E-state index is 12.4. The zero-order chi connectivity index (χ0) is 16.8. The third kappa shape index (κ3) is 3.82. The van der Waals surface area contributed by atoms with Gasteiger partial charge in [0.25, 0.3) is 5.91 Å². The van der Waals surface area contributed by atoms with Crippen LogP contribution < -0.4 is 14.8 Å². The largest absolute Gasteiger partial charge is 0.490 e. The number of benzene rings is 1. The number of ether oxygens (including phenoxy) is 2. The van der Waals surface area contributed by atoms with Gasteiger partial charge in [0.1, 0.15) is 6.33 Å². The molecule has 0 fully saturated rings. The molecule has 0 atom stereocenters. The zero-order valence-corrected chi connectivity index (χ0v) is 13.7. The second-order valence-electron chi connectivity index (χ2n) is 5.65. The van der Waals surface area contributed by atoms with Gasteiger partial charge in [-0.25, -0.2) is 9.97 Å². The Bertz CT molecular complexity index is 718. The van der Waals surface area contributed by atoms with Gasteiger partial charge >= 0.3 is 0 Å². The Hall–Kier alpha value is -2.63. The average Bonchev–Trinajstić information content (AvgIpc) is 2.85. The second-order valence-corrected chi connectivity index (χ2v) is 5.65. The van der Waals surface area contributed by atoms with Crippen molar-refractivity contribution < 1.29 is 14.3 Å². The summed E-state index contributed by atoms with van der Waals surface area (Å²) in [5.41, 5.74) is 2.28. The first kappa shape index (κ1) is 16.2. The Morgan fingerprint density at radius 1 is 1.25 bits per heavy atom. The van der Waals surface area contributed by atoms with Gasteiger partial charge in [0, 0.05) is 19.2 Å². The molecule has 24 heavy (non-hydrogen) atoms. The maximum atomic E-state index is 12.4. The minimum Gasteiger partial charge on any atom is -0.490 e. The predicted octanol–water partition coefficient (Wildman–Crippen LogP) is 2.52. The number of carbonyl (C=O) groups is 1. The van der Waals surface area contributed by atoms with Crippen LogP contribution in [-0.4, -0.2) is 29.1 Å². The molecule has 0 radical (unpaired) electrons. The number of hydrogen-bond donors (Lipinski definition) is 1. The highest BCUT2D eigenvalue weighted by Gasteiger charge is 2.14. The van der Waals surface area contributed by atoms with E-state index in [1.165, 1.54) is 6.33 Å². The first-order chi connectivity index (χ1) is 11.8. The van der Waals surface area contributed by atoms with E-state index < -0.39 is 0 Å². The van der Waals surface area contributed by atoms with Crippen LogP contribution >= 0.6 is 0 Å².